The van der Waals surface area contributed by atoms with Gasteiger partial charge in [-0.15, -0.1) is 4.40 Å². The van der Waals surface area contributed by atoms with Gasteiger partial charge in [-0.1, -0.05) is 0 Å². The second-order valence-electron chi connectivity index (χ2n) is 4.89. The van der Waals surface area contributed by atoms with Gasteiger partial charge in [-0.3, -0.25) is 9.59 Å². The first-order chi connectivity index (χ1) is 11.1. The number of fused-ring (bicyclic) bond motifs is 1. The molecule has 0 unspecified atom stereocenters. The standard InChI is InChI=1S/C12H13F3N4O4S/c13-12(14,15)7-17-9(20)6-16-11(21)8-2-1-3-19-4-5-24(22,23)18-10(8)19/h1-3H,4-7H2,(H,16,21)(H,17,20). The lowest BCUT2D eigenvalue weighted by Crippen LogP contribution is -2.45. The Hall–Kier alpha value is -2.37. The molecule has 0 fully saturated rings. The van der Waals surface area contributed by atoms with Crippen LogP contribution in [0.25, 0.3) is 0 Å². The summed E-state index contributed by atoms with van der Waals surface area (Å²) in [6.45, 7) is -2.07. The van der Waals surface area contributed by atoms with E-state index in [2.05, 4.69) is 9.71 Å². The monoisotopic (exact) mass is 366 g/mol. The zero-order valence-corrected chi connectivity index (χ0v) is 12.9. The lowest BCUT2D eigenvalue weighted by molar-refractivity contribution is -0.138. The molecule has 0 saturated carbocycles. The second kappa shape index (κ2) is 6.63. The second-order valence-corrected chi connectivity index (χ2v) is 6.65. The highest BCUT2D eigenvalue weighted by molar-refractivity contribution is 7.90. The van der Waals surface area contributed by atoms with E-state index in [1.54, 1.807) is 11.5 Å². The van der Waals surface area contributed by atoms with Gasteiger partial charge in [0.05, 0.1) is 17.9 Å². The van der Waals surface area contributed by atoms with Crippen LogP contribution < -0.4 is 10.6 Å². The van der Waals surface area contributed by atoms with Crippen molar-refractivity contribution in [2.75, 3.05) is 25.4 Å². The Morgan fingerprint density at radius 1 is 1.29 bits per heavy atom. The molecular weight excluding hydrogens is 353 g/mol. The van der Waals surface area contributed by atoms with Crippen LogP contribution in [-0.2, 0) is 19.6 Å². The van der Waals surface area contributed by atoms with Crippen molar-refractivity contribution in [1.29, 1.82) is 0 Å². The van der Waals surface area contributed by atoms with Crippen LogP contribution >= 0.6 is 0 Å². The van der Waals surface area contributed by atoms with Crippen LogP contribution in [0, 0.1) is 0 Å². The quantitative estimate of drug-likeness (QED) is 0.683. The Balaban J connectivity index is 1.99. The van der Waals surface area contributed by atoms with Crippen molar-refractivity contribution in [2.45, 2.75) is 6.18 Å². The molecule has 0 bridgehead atoms. The van der Waals surface area contributed by atoms with Gasteiger partial charge in [-0.05, 0) is 12.2 Å². The number of halogens is 3. The first-order valence-electron chi connectivity index (χ1n) is 6.67. The van der Waals surface area contributed by atoms with E-state index >= 15 is 0 Å². The molecule has 132 valence electrons. The van der Waals surface area contributed by atoms with E-state index in [1.165, 1.54) is 17.1 Å². The number of allylic oxidation sites excluding steroid dienone is 2. The zero-order valence-electron chi connectivity index (χ0n) is 12.1. The number of sulfonamides is 1. The maximum absolute atomic E-state index is 12.1. The Labute approximate surface area is 135 Å². The van der Waals surface area contributed by atoms with Crippen LogP contribution in [-0.4, -0.2) is 62.5 Å². The fourth-order valence-corrected chi connectivity index (χ4v) is 2.90. The Morgan fingerprint density at radius 3 is 2.67 bits per heavy atom. The number of amides is 2. The van der Waals surface area contributed by atoms with E-state index in [0.717, 1.165) is 0 Å². The maximum atomic E-state index is 12.1. The Bertz CT molecular complexity index is 740. The van der Waals surface area contributed by atoms with E-state index in [1.807, 2.05) is 0 Å². The normalized spacial score (nSPS) is 19.0. The molecule has 0 atom stereocenters. The lowest BCUT2D eigenvalue weighted by atomic mass is 10.1. The van der Waals surface area contributed by atoms with Crippen molar-refractivity contribution in [2.24, 2.45) is 4.40 Å². The number of carbonyl (C=O) groups is 2. The van der Waals surface area contributed by atoms with Gasteiger partial charge in [0.1, 0.15) is 6.54 Å². The van der Waals surface area contributed by atoms with Gasteiger partial charge in [-0.2, -0.15) is 13.2 Å². The molecule has 2 amide bonds. The third-order valence-electron chi connectivity index (χ3n) is 3.00. The van der Waals surface area contributed by atoms with Crippen LogP contribution in [0.15, 0.2) is 28.3 Å². The van der Waals surface area contributed by atoms with Gasteiger partial charge in [0, 0.05) is 12.7 Å². The van der Waals surface area contributed by atoms with Crippen LogP contribution in [0.5, 0.6) is 0 Å². The summed E-state index contributed by atoms with van der Waals surface area (Å²) in [7, 11) is -3.69. The number of carbonyl (C=O) groups excluding carboxylic acids is 2. The SMILES string of the molecule is O=C(CNC(=O)C1=CC=CN2CCS(=O)(=O)N=C12)NCC(F)(F)F. The van der Waals surface area contributed by atoms with Crippen LogP contribution in [0.4, 0.5) is 13.2 Å². The van der Waals surface area contributed by atoms with E-state index in [9.17, 15) is 31.2 Å². The van der Waals surface area contributed by atoms with Crippen LogP contribution in [0.3, 0.4) is 0 Å². The third kappa shape index (κ3) is 4.81. The lowest BCUT2D eigenvalue weighted by Gasteiger charge is -2.28. The molecule has 0 aromatic heterocycles. The molecule has 24 heavy (non-hydrogen) atoms. The molecule has 8 nitrogen and oxygen atoms in total. The molecule has 0 spiro atoms. The smallest absolute Gasteiger partial charge is 0.345 e. The summed E-state index contributed by atoms with van der Waals surface area (Å²) in [4.78, 5) is 24.8. The average molecular weight is 366 g/mol. The molecule has 0 aliphatic carbocycles. The number of hydrogen-bond donors (Lipinski definition) is 2. The molecule has 2 aliphatic rings. The predicted octanol–water partition coefficient (Wildman–Crippen LogP) is -0.721. The van der Waals surface area contributed by atoms with E-state index in [4.69, 9.17) is 0 Å². The van der Waals surface area contributed by atoms with Crippen molar-refractivity contribution >= 4 is 27.7 Å². The molecule has 0 aromatic carbocycles. The Kier molecular flexibility index (Phi) is 4.96. The zero-order chi connectivity index (χ0) is 18.0. The minimum Gasteiger partial charge on any atom is -0.345 e. The Morgan fingerprint density at radius 2 is 2.00 bits per heavy atom. The fourth-order valence-electron chi connectivity index (χ4n) is 1.91. The van der Waals surface area contributed by atoms with Crippen molar-refractivity contribution in [1.82, 2.24) is 15.5 Å². The minimum absolute atomic E-state index is 0.0862. The molecule has 0 aromatic rings. The molecule has 2 rings (SSSR count). The summed E-state index contributed by atoms with van der Waals surface area (Å²) in [5.41, 5.74) is -0.0932. The highest BCUT2D eigenvalue weighted by Crippen LogP contribution is 2.17. The van der Waals surface area contributed by atoms with Gasteiger partial charge in [0.2, 0.25) is 5.91 Å². The van der Waals surface area contributed by atoms with Crippen molar-refractivity contribution in [3.05, 3.63) is 23.9 Å². The minimum atomic E-state index is -4.55. The van der Waals surface area contributed by atoms with Gasteiger partial charge >= 0.3 is 6.18 Å². The first-order valence-corrected chi connectivity index (χ1v) is 8.28. The fraction of sp³-hybridized carbons (Fsp3) is 0.417. The van der Waals surface area contributed by atoms with Crippen LogP contribution in [0.1, 0.15) is 0 Å². The van der Waals surface area contributed by atoms with Gasteiger partial charge < -0.3 is 15.5 Å². The molecule has 2 heterocycles. The average Bonchev–Trinajstić information content (AvgIpc) is 2.48. The largest absolute Gasteiger partial charge is 0.405 e. The van der Waals surface area contributed by atoms with E-state index < -0.39 is 41.1 Å². The van der Waals surface area contributed by atoms with Crippen molar-refractivity contribution < 1.29 is 31.2 Å². The first kappa shape index (κ1) is 18.0. The number of hydrogen-bond acceptors (Lipinski definition) is 5. The molecule has 2 aliphatic heterocycles. The van der Waals surface area contributed by atoms with Gasteiger partial charge in [0.15, 0.2) is 5.84 Å². The van der Waals surface area contributed by atoms with E-state index in [0.29, 0.717) is 0 Å². The highest BCUT2D eigenvalue weighted by Gasteiger charge is 2.30. The maximum Gasteiger partial charge on any atom is 0.405 e. The number of nitrogens with zero attached hydrogens (tertiary/aromatic N) is 2. The van der Waals surface area contributed by atoms with Gasteiger partial charge in [-0.25, -0.2) is 8.42 Å². The molecule has 2 N–H and O–H groups in total. The summed E-state index contributed by atoms with van der Waals surface area (Å²) in [5.74, 6) is -2.13. The summed E-state index contributed by atoms with van der Waals surface area (Å²) >= 11 is 0. The summed E-state index contributed by atoms with van der Waals surface area (Å²) < 4.78 is 62.5. The number of amidine groups is 1. The molecule has 0 radical (unpaired) electrons. The predicted molar refractivity (Wildman–Crippen MR) is 77.2 cm³/mol. The molecule has 12 heteroatoms. The van der Waals surface area contributed by atoms with Crippen molar-refractivity contribution in [3.63, 3.8) is 0 Å². The third-order valence-corrected chi connectivity index (χ3v) is 4.15. The summed E-state index contributed by atoms with van der Waals surface area (Å²) in [6, 6.07) is 0. The number of alkyl halides is 3. The van der Waals surface area contributed by atoms with Crippen LogP contribution in [0.2, 0.25) is 0 Å². The van der Waals surface area contributed by atoms with E-state index in [-0.39, 0.29) is 23.7 Å². The summed E-state index contributed by atoms with van der Waals surface area (Å²) in [6.07, 6.45) is -0.211. The highest BCUT2D eigenvalue weighted by atomic mass is 32.2. The molecule has 0 saturated heterocycles. The summed E-state index contributed by atoms with van der Waals surface area (Å²) in [5, 5.41) is 3.73. The van der Waals surface area contributed by atoms with Crippen molar-refractivity contribution in [3.8, 4) is 0 Å². The number of rotatable bonds is 4. The number of nitrogens with one attached hydrogen (secondary N) is 2. The van der Waals surface area contributed by atoms with Gasteiger partial charge in [0.25, 0.3) is 15.9 Å². The topological polar surface area (TPSA) is 108 Å². The molecular formula is C12H13F3N4O4S.